The maximum absolute atomic E-state index is 12.4. The van der Waals surface area contributed by atoms with Crippen molar-refractivity contribution in [3.63, 3.8) is 0 Å². The van der Waals surface area contributed by atoms with Gasteiger partial charge in [-0.05, 0) is 30.5 Å². The number of hydrogen-bond acceptors (Lipinski definition) is 6. The molecule has 1 aromatic rings. The second-order valence-electron chi connectivity index (χ2n) is 5.21. The van der Waals surface area contributed by atoms with Crippen LogP contribution in [0.15, 0.2) is 21.6 Å². The van der Waals surface area contributed by atoms with Crippen LogP contribution in [0.1, 0.15) is 23.9 Å². The Labute approximate surface area is 117 Å². The third-order valence-corrected chi connectivity index (χ3v) is 5.30. The topological polar surface area (TPSA) is 103 Å². The van der Waals surface area contributed by atoms with E-state index in [0.717, 1.165) is 0 Å². The minimum absolute atomic E-state index is 0.133. The maximum atomic E-state index is 12.4. The van der Waals surface area contributed by atoms with Gasteiger partial charge in [0.1, 0.15) is 0 Å². The zero-order chi connectivity index (χ0) is 15.0. The van der Waals surface area contributed by atoms with Gasteiger partial charge < -0.3 is 14.9 Å². The summed E-state index contributed by atoms with van der Waals surface area (Å²) in [5.41, 5.74) is 5.45. The highest BCUT2D eigenvalue weighted by Gasteiger charge is 2.40. The van der Waals surface area contributed by atoms with Crippen molar-refractivity contribution in [2.75, 3.05) is 26.7 Å². The molecular formula is C12H18N2O5S. The van der Waals surface area contributed by atoms with Gasteiger partial charge in [-0.2, -0.15) is 4.31 Å². The van der Waals surface area contributed by atoms with E-state index in [2.05, 4.69) is 4.74 Å². The largest absolute Gasteiger partial charge is 0.463 e. The standard InChI is InChI=1S/C12H18N2O5S/c1-12(7-13)5-6-14(8-12)20(16,17)10-4-3-9(19-10)11(15)18-2/h3-4H,5-8,13H2,1-2H3. The molecule has 1 aromatic heterocycles. The van der Waals surface area contributed by atoms with Crippen molar-refractivity contribution in [2.24, 2.45) is 11.1 Å². The molecule has 1 unspecified atom stereocenters. The lowest BCUT2D eigenvalue weighted by molar-refractivity contribution is 0.0558. The SMILES string of the molecule is COC(=O)c1ccc(S(=O)(=O)N2CCC(C)(CN)C2)o1. The lowest BCUT2D eigenvalue weighted by atomic mass is 9.90. The molecule has 2 heterocycles. The van der Waals surface area contributed by atoms with E-state index in [9.17, 15) is 13.2 Å². The molecular weight excluding hydrogens is 284 g/mol. The summed E-state index contributed by atoms with van der Waals surface area (Å²) < 4.78 is 35.7. The minimum atomic E-state index is -3.74. The minimum Gasteiger partial charge on any atom is -0.463 e. The van der Waals surface area contributed by atoms with Crippen LogP contribution < -0.4 is 5.73 Å². The van der Waals surface area contributed by atoms with E-state index in [1.165, 1.54) is 23.5 Å². The number of methoxy groups -OCH3 is 1. The highest BCUT2D eigenvalue weighted by atomic mass is 32.2. The molecule has 1 atom stereocenters. The van der Waals surface area contributed by atoms with E-state index in [1.54, 1.807) is 0 Å². The molecule has 0 bridgehead atoms. The van der Waals surface area contributed by atoms with E-state index < -0.39 is 16.0 Å². The van der Waals surface area contributed by atoms with E-state index in [0.29, 0.717) is 26.1 Å². The van der Waals surface area contributed by atoms with Gasteiger partial charge in [0, 0.05) is 13.1 Å². The first kappa shape index (κ1) is 15.0. The molecule has 1 aliphatic heterocycles. The third-order valence-electron chi connectivity index (χ3n) is 3.58. The number of esters is 1. The summed E-state index contributed by atoms with van der Waals surface area (Å²) in [6.07, 6.45) is 0.702. The van der Waals surface area contributed by atoms with Crippen molar-refractivity contribution >= 4 is 16.0 Å². The first-order valence-electron chi connectivity index (χ1n) is 6.21. The first-order valence-corrected chi connectivity index (χ1v) is 7.65. The Balaban J connectivity index is 2.23. The van der Waals surface area contributed by atoms with Gasteiger partial charge in [0.25, 0.3) is 10.0 Å². The Morgan fingerprint density at radius 1 is 1.55 bits per heavy atom. The molecule has 7 nitrogen and oxygen atoms in total. The monoisotopic (exact) mass is 302 g/mol. The predicted molar refractivity (Wildman–Crippen MR) is 70.6 cm³/mol. The highest BCUT2D eigenvalue weighted by Crippen LogP contribution is 2.32. The van der Waals surface area contributed by atoms with Crippen LogP contribution in [0.25, 0.3) is 0 Å². The van der Waals surface area contributed by atoms with Crippen LogP contribution in [0.2, 0.25) is 0 Å². The number of sulfonamides is 1. The molecule has 1 aliphatic rings. The number of carbonyl (C=O) groups excluding carboxylic acids is 1. The van der Waals surface area contributed by atoms with Crippen LogP contribution >= 0.6 is 0 Å². The third kappa shape index (κ3) is 2.58. The molecule has 0 aliphatic carbocycles. The van der Waals surface area contributed by atoms with Crippen molar-refractivity contribution in [3.8, 4) is 0 Å². The van der Waals surface area contributed by atoms with Gasteiger partial charge in [0.15, 0.2) is 0 Å². The molecule has 1 saturated heterocycles. The Hall–Kier alpha value is -1.38. The number of nitrogens with two attached hydrogens (primary N) is 1. The van der Waals surface area contributed by atoms with E-state index in [4.69, 9.17) is 10.2 Å². The Morgan fingerprint density at radius 3 is 2.80 bits per heavy atom. The number of hydrogen-bond donors (Lipinski definition) is 1. The molecule has 0 radical (unpaired) electrons. The lowest BCUT2D eigenvalue weighted by Crippen LogP contribution is -2.34. The normalized spacial score (nSPS) is 23.9. The van der Waals surface area contributed by atoms with E-state index >= 15 is 0 Å². The Kier molecular flexibility index (Phi) is 3.90. The van der Waals surface area contributed by atoms with Crippen molar-refractivity contribution < 1.29 is 22.4 Å². The fourth-order valence-electron chi connectivity index (χ4n) is 2.15. The molecule has 1 fully saturated rings. The molecule has 0 amide bonds. The van der Waals surface area contributed by atoms with Gasteiger partial charge >= 0.3 is 5.97 Å². The van der Waals surface area contributed by atoms with Gasteiger partial charge in [-0.1, -0.05) is 6.92 Å². The quantitative estimate of drug-likeness (QED) is 0.809. The summed E-state index contributed by atoms with van der Waals surface area (Å²) in [6.45, 7) is 3.11. The summed E-state index contributed by atoms with van der Waals surface area (Å²) in [6, 6.07) is 2.55. The average Bonchev–Trinajstić information content (AvgIpc) is 3.05. The van der Waals surface area contributed by atoms with Crippen molar-refractivity contribution in [2.45, 2.75) is 18.4 Å². The Bertz CT molecular complexity index is 609. The summed E-state index contributed by atoms with van der Waals surface area (Å²) >= 11 is 0. The van der Waals surface area contributed by atoms with Gasteiger partial charge in [-0.25, -0.2) is 13.2 Å². The van der Waals surface area contributed by atoms with Gasteiger partial charge in [-0.3, -0.25) is 0 Å². The molecule has 0 saturated carbocycles. The van der Waals surface area contributed by atoms with Crippen LogP contribution in [-0.4, -0.2) is 45.4 Å². The zero-order valence-electron chi connectivity index (χ0n) is 11.5. The number of ether oxygens (including phenoxy) is 1. The fourth-order valence-corrected chi connectivity index (χ4v) is 3.65. The second-order valence-corrected chi connectivity index (χ2v) is 7.08. The van der Waals surface area contributed by atoms with Crippen LogP contribution in [0, 0.1) is 5.41 Å². The number of carbonyl (C=O) groups is 1. The van der Waals surface area contributed by atoms with E-state index in [1.807, 2.05) is 6.92 Å². The molecule has 112 valence electrons. The Morgan fingerprint density at radius 2 is 2.25 bits per heavy atom. The number of nitrogens with zero attached hydrogens (tertiary/aromatic N) is 1. The van der Waals surface area contributed by atoms with Gasteiger partial charge in [0.05, 0.1) is 7.11 Å². The van der Waals surface area contributed by atoms with Gasteiger partial charge in [-0.15, -0.1) is 0 Å². The first-order chi connectivity index (χ1) is 9.32. The van der Waals surface area contributed by atoms with Crippen LogP contribution in [0.3, 0.4) is 0 Å². The van der Waals surface area contributed by atoms with Crippen LogP contribution in [0.4, 0.5) is 0 Å². The molecule has 0 spiro atoms. The smallest absolute Gasteiger partial charge is 0.374 e. The molecule has 0 aromatic carbocycles. The number of furan rings is 1. The molecule has 20 heavy (non-hydrogen) atoms. The summed E-state index contributed by atoms with van der Waals surface area (Å²) in [5.74, 6) is -0.841. The van der Waals surface area contributed by atoms with E-state index in [-0.39, 0.29) is 16.3 Å². The highest BCUT2D eigenvalue weighted by molar-refractivity contribution is 7.89. The number of rotatable bonds is 4. The molecule has 8 heteroatoms. The van der Waals surface area contributed by atoms with Gasteiger partial charge in [0.2, 0.25) is 10.9 Å². The lowest BCUT2D eigenvalue weighted by Gasteiger charge is -2.21. The van der Waals surface area contributed by atoms with Crippen LogP contribution in [0.5, 0.6) is 0 Å². The van der Waals surface area contributed by atoms with Crippen LogP contribution in [-0.2, 0) is 14.8 Å². The summed E-state index contributed by atoms with van der Waals surface area (Å²) in [5, 5.41) is -0.251. The summed E-state index contributed by atoms with van der Waals surface area (Å²) in [7, 11) is -2.54. The van der Waals surface area contributed by atoms with Crippen molar-refractivity contribution in [1.82, 2.24) is 4.31 Å². The average molecular weight is 302 g/mol. The summed E-state index contributed by atoms with van der Waals surface area (Å²) in [4.78, 5) is 11.3. The molecule has 2 N–H and O–H groups in total. The van der Waals surface area contributed by atoms with Crippen molar-refractivity contribution in [1.29, 1.82) is 0 Å². The zero-order valence-corrected chi connectivity index (χ0v) is 12.3. The molecule has 2 rings (SSSR count). The fraction of sp³-hybridized carbons (Fsp3) is 0.583. The van der Waals surface area contributed by atoms with Crippen molar-refractivity contribution in [3.05, 3.63) is 17.9 Å². The second kappa shape index (κ2) is 5.19. The maximum Gasteiger partial charge on any atom is 0.374 e. The predicted octanol–water partition coefficient (Wildman–Crippen LogP) is 0.426.